The summed E-state index contributed by atoms with van der Waals surface area (Å²) in [5.74, 6) is 0.262. The molecule has 2 heterocycles. The molecule has 2 amide bonds. The topological polar surface area (TPSA) is 64.1 Å². The van der Waals surface area contributed by atoms with Crippen molar-refractivity contribution in [1.82, 2.24) is 9.80 Å². The van der Waals surface area contributed by atoms with Gasteiger partial charge in [0, 0.05) is 50.7 Å². The van der Waals surface area contributed by atoms with Crippen LogP contribution in [0.25, 0.3) is 0 Å². The highest BCUT2D eigenvalue weighted by atomic mass is 16.3. The van der Waals surface area contributed by atoms with Crippen molar-refractivity contribution in [2.45, 2.75) is 25.7 Å². The molecule has 142 valence electrons. The molecule has 1 aromatic carbocycles. The van der Waals surface area contributed by atoms with Crippen LogP contribution in [0.2, 0.25) is 0 Å². The summed E-state index contributed by atoms with van der Waals surface area (Å²) in [5, 5.41) is 9.21. The number of benzene rings is 1. The number of likely N-dealkylation sites (tertiary alicyclic amines) is 2. The standard InChI is InChI=1S/C20H29N3O3/c1-21(17-6-3-2-4-7-17)14-19(26)22-11-5-9-20(15-22)10-8-18(25)23(16-20)12-13-24/h2-4,6-7,24H,5,8-16H2,1H3. The van der Waals surface area contributed by atoms with E-state index >= 15 is 0 Å². The predicted octanol–water partition coefficient (Wildman–Crippen LogP) is 1.35. The van der Waals surface area contributed by atoms with E-state index in [1.165, 1.54) is 0 Å². The van der Waals surface area contributed by atoms with Gasteiger partial charge in [0.05, 0.1) is 13.2 Å². The summed E-state index contributed by atoms with van der Waals surface area (Å²) < 4.78 is 0. The second kappa shape index (κ2) is 8.08. The fraction of sp³-hybridized carbons (Fsp3) is 0.600. The van der Waals surface area contributed by atoms with Crippen LogP contribution in [-0.4, -0.2) is 73.1 Å². The van der Waals surface area contributed by atoms with E-state index in [1.807, 2.05) is 47.2 Å². The van der Waals surface area contributed by atoms with Crippen molar-refractivity contribution in [2.24, 2.45) is 5.41 Å². The largest absolute Gasteiger partial charge is 0.395 e. The maximum atomic E-state index is 12.8. The Labute approximate surface area is 155 Å². The maximum absolute atomic E-state index is 12.8. The lowest BCUT2D eigenvalue weighted by molar-refractivity contribution is -0.143. The Bertz CT molecular complexity index is 636. The number of likely N-dealkylation sites (N-methyl/N-ethyl adjacent to an activating group) is 1. The number of aliphatic hydroxyl groups excluding tert-OH is 1. The van der Waals surface area contributed by atoms with E-state index in [0.29, 0.717) is 32.6 Å². The van der Waals surface area contributed by atoms with Crippen LogP contribution in [0.4, 0.5) is 5.69 Å². The summed E-state index contributed by atoms with van der Waals surface area (Å²) in [6.07, 6.45) is 3.38. The van der Waals surface area contributed by atoms with E-state index in [2.05, 4.69) is 0 Å². The zero-order valence-electron chi connectivity index (χ0n) is 15.6. The van der Waals surface area contributed by atoms with E-state index in [-0.39, 0.29) is 23.8 Å². The van der Waals surface area contributed by atoms with E-state index < -0.39 is 0 Å². The second-order valence-electron chi connectivity index (χ2n) is 7.65. The van der Waals surface area contributed by atoms with Crippen LogP contribution in [0.1, 0.15) is 25.7 Å². The molecular weight excluding hydrogens is 330 g/mol. The number of rotatable bonds is 5. The summed E-state index contributed by atoms with van der Waals surface area (Å²) in [7, 11) is 1.94. The number of hydrogen-bond donors (Lipinski definition) is 1. The summed E-state index contributed by atoms with van der Waals surface area (Å²) in [5.41, 5.74) is 1.02. The van der Waals surface area contributed by atoms with Gasteiger partial charge in [0.15, 0.2) is 0 Å². The van der Waals surface area contributed by atoms with Gasteiger partial charge in [-0.25, -0.2) is 0 Å². The Hall–Kier alpha value is -2.08. The average Bonchev–Trinajstić information content (AvgIpc) is 2.66. The van der Waals surface area contributed by atoms with Gasteiger partial charge in [0.1, 0.15) is 0 Å². The highest BCUT2D eigenvalue weighted by molar-refractivity contribution is 5.81. The second-order valence-corrected chi connectivity index (χ2v) is 7.65. The summed E-state index contributed by atoms with van der Waals surface area (Å²) >= 11 is 0. The first kappa shape index (κ1) is 18.7. The number of β-amino-alcohol motifs (C(OH)–C–C–N with tert-alkyl or cyclic N) is 1. The monoisotopic (exact) mass is 359 g/mol. The fourth-order valence-corrected chi connectivity index (χ4v) is 4.26. The molecule has 0 bridgehead atoms. The van der Waals surface area contributed by atoms with Crippen LogP contribution >= 0.6 is 0 Å². The fourth-order valence-electron chi connectivity index (χ4n) is 4.26. The van der Waals surface area contributed by atoms with Crippen LogP contribution < -0.4 is 4.90 Å². The Balaban J connectivity index is 1.62. The van der Waals surface area contributed by atoms with E-state index in [4.69, 9.17) is 0 Å². The number of para-hydroxylation sites is 1. The molecule has 1 unspecified atom stereocenters. The molecule has 2 aliphatic heterocycles. The lowest BCUT2D eigenvalue weighted by atomic mass is 9.73. The Morgan fingerprint density at radius 2 is 2.00 bits per heavy atom. The van der Waals surface area contributed by atoms with Crippen LogP contribution in [0.3, 0.4) is 0 Å². The molecule has 0 aliphatic carbocycles. The summed E-state index contributed by atoms with van der Waals surface area (Å²) in [6, 6.07) is 9.92. The van der Waals surface area contributed by atoms with Crippen LogP contribution in [-0.2, 0) is 9.59 Å². The number of hydrogen-bond acceptors (Lipinski definition) is 4. The van der Waals surface area contributed by atoms with Crippen molar-refractivity contribution in [1.29, 1.82) is 0 Å². The number of piperidine rings is 2. The van der Waals surface area contributed by atoms with Crippen molar-refractivity contribution >= 4 is 17.5 Å². The molecule has 0 saturated carbocycles. The average molecular weight is 359 g/mol. The quantitative estimate of drug-likeness (QED) is 0.862. The molecule has 0 aromatic heterocycles. The minimum Gasteiger partial charge on any atom is -0.395 e. The van der Waals surface area contributed by atoms with Gasteiger partial charge < -0.3 is 19.8 Å². The highest BCUT2D eigenvalue weighted by Crippen LogP contribution is 2.38. The van der Waals surface area contributed by atoms with Gasteiger partial charge in [-0.1, -0.05) is 18.2 Å². The van der Waals surface area contributed by atoms with Crippen molar-refractivity contribution in [3.63, 3.8) is 0 Å². The Morgan fingerprint density at radius 1 is 1.23 bits per heavy atom. The van der Waals surface area contributed by atoms with Crippen molar-refractivity contribution in [3.05, 3.63) is 30.3 Å². The predicted molar refractivity (Wildman–Crippen MR) is 101 cm³/mol. The summed E-state index contributed by atoms with van der Waals surface area (Å²) in [6.45, 7) is 2.91. The first-order valence-electron chi connectivity index (χ1n) is 9.46. The van der Waals surface area contributed by atoms with Gasteiger partial charge in [0.2, 0.25) is 11.8 Å². The third-order valence-electron chi connectivity index (χ3n) is 5.70. The maximum Gasteiger partial charge on any atom is 0.242 e. The Morgan fingerprint density at radius 3 is 2.73 bits per heavy atom. The first-order chi connectivity index (χ1) is 12.5. The molecule has 1 atom stereocenters. The number of nitrogens with zero attached hydrogens (tertiary/aromatic N) is 3. The summed E-state index contributed by atoms with van der Waals surface area (Å²) in [4.78, 5) is 30.6. The number of anilines is 1. The molecule has 2 fully saturated rings. The molecule has 1 spiro atoms. The molecule has 6 nitrogen and oxygen atoms in total. The van der Waals surface area contributed by atoms with Gasteiger partial charge in [-0.05, 0) is 31.4 Å². The molecule has 2 saturated heterocycles. The third-order valence-corrected chi connectivity index (χ3v) is 5.70. The van der Waals surface area contributed by atoms with E-state index in [0.717, 1.165) is 31.5 Å². The normalized spacial score (nSPS) is 23.4. The molecule has 2 aliphatic rings. The van der Waals surface area contributed by atoms with Crippen molar-refractivity contribution in [3.8, 4) is 0 Å². The lowest BCUT2D eigenvalue weighted by Gasteiger charge is -2.48. The van der Waals surface area contributed by atoms with Crippen molar-refractivity contribution < 1.29 is 14.7 Å². The minimum absolute atomic E-state index is 0.00760. The molecule has 3 rings (SSSR count). The highest BCUT2D eigenvalue weighted by Gasteiger charge is 2.42. The van der Waals surface area contributed by atoms with E-state index in [1.54, 1.807) is 4.90 Å². The molecule has 26 heavy (non-hydrogen) atoms. The van der Waals surface area contributed by atoms with Gasteiger partial charge >= 0.3 is 0 Å². The number of aliphatic hydroxyl groups is 1. The van der Waals surface area contributed by atoms with Crippen LogP contribution in [0.15, 0.2) is 30.3 Å². The smallest absolute Gasteiger partial charge is 0.242 e. The third kappa shape index (κ3) is 4.18. The number of carbonyl (C=O) groups excluding carboxylic acids is 2. The van der Waals surface area contributed by atoms with Gasteiger partial charge in [-0.2, -0.15) is 0 Å². The zero-order valence-corrected chi connectivity index (χ0v) is 15.6. The lowest BCUT2D eigenvalue weighted by Crippen LogP contribution is -2.56. The number of carbonyl (C=O) groups is 2. The van der Waals surface area contributed by atoms with E-state index in [9.17, 15) is 14.7 Å². The molecule has 1 N–H and O–H groups in total. The Kier molecular flexibility index (Phi) is 5.81. The molecule has 1 aromatic rings. The van der Waals surface area contributed by atoms with Crippen molar-refractivity contribution in [2.75, 3.05) is 51.3 Å². The molecular formula is C20H29N3O3. The van der Waals surface area contributed by atoms with Gasteiger partial charge in [-0.15, -0.1) is 0 Å². The number of amides is 2. The molecule has 0 radical (unpaired) electrons. The van der Waals surface area contributed by atoms with Gasteiger partial charge in [-0.3, -0.25) is 9.59 Å². The molecule has 6 heteroatoms. The zero-order chi connectivity index (χ0) is 18.6. The van der Waals surface area contributed by atoms with Crippen LogP contribution in [0, 0.1) is 5.41 Å². The van der Waals surface area contributed by atoms with Crippen LogP contribution in [0.5, 0.6) is 0 Å². The first-order valence-corrected chi connectivity index (χ1v) is 9.46. The minimum atomic E-state index is -0.0116. The van der Waals surface area contributed by atoms with Gasteiger partial charge in [0.25, 0.3) is 0 Å². The SMILES string of the molecule is CN(CC(=O)N1CCCC2(CCC(=O)N(CCO)C2)C1)c1ccccc1.